The molecule has 7 nitrogen and oxygen atoms in total. The highest BCUT2D eigenvalue weighted by molar-refractivity contribution is 7.98. The van der Waals surface area contributed by atoms with Crippen LogP contribution < -0.4 is 9.62 Å². The van der Waals surface area contributed by atoms with Crippen LogP contribution in [0.1, 0.15) is 37.0 Å². The molecule has 11 heteroatoms. The molecule has 2 atom stereocenters. The lowest BCUT2D eigenvalue weighted by Gasteiger charge is -2.34. The molecule has 0 saturated heterocycles. The van der Waals surface area contributed by atoms with Gasteiger partial charge in [0.25, 0.3) is 10.0 Å². The van der Waals surface area contributed by atoms with Gasteiger partial charge in [0.1, 0.15) is 12.6 Å². The Bertz CT molecular complexity index is 1750. The lowest BCUT2D eigenvalue weighted by Crippen LogP contribution is -2.54. The highest BCUT2D eigenvalue weighted by Gasteiger charge is 2.35. The van der Waals surface area contributed by atoms with E-state index in [1.165, 1.54) is 28.8 Å². The van der Waals surface area contributed by atoms with Gasteiger partial charge in [-0.1, -0.05) is 84.2 Å². The van der Waals surface area contributed by atoms with Gasteiger partial charge in [-0.15, -0.1) is 11.8 Å². The maximum absolute atomic E-state index is 14.6. The Kier molecular flexibility index (Phi) is 12.8. The lowest BCUT2D eigenvalue weighted by molar-refractivity contribution is -0.140. The molecule has 0 aromatic heterocycles. The van der Waals surface area contributed by atoms with E-state index in [9.17, 15) is 18.0 Å². The number of benzene rings is 4. The van der Waals surface area contributed by atoms with Gasteiger partial charge in [-0.05, 0) is 80.6 Å². The Morgan fingerprint density at radius 1 is 0.872 bits per heavy atom. The molecule has 2 amide bonds. The number of carbonyl (C=O) groups excluding carboxylic acids is 2. The Morgan fingerprint density at radius 2 is 1.49 bits per heavy atom. The molecule has 0 heterocycles. The van der Waals surface area contributed by atoms with Crippen LogP contribution in [0.3, 0.4) is 0 Å². The van der Waals surface area contributed by atoms with Crippen LogP contribution in [0.15, 0.2) is 107 Å². The minimum absolute atomic E-state index is 0.0414. The maximum atomic E-state index is 14.6. The van der Waals surface area contributed by atoms with Gasteiger partial charge in [0.05, 0.1) is 10.6 Å². The summed E-state index contributed by atoms with van der Waals surface area (Å²) in [5.41, 5.74) is 2.53. The molecule has 0 fully saturated rings. The zero-order valence-electron chi connectivity index (χ0n) is 26.8. The Balaban J connectivity index is 1.84. The maximum Gasteiger partial charge on any atom is 0.264 e. The Morgan fingerprint density at radius 3 is 2.06 bits per heavy atom. The van der Waals surface area contributed by atoms with Crippen LogP contribution in [0.4, 0.5) is 5.69 Å². The van der Waals surface area contributed by atoms with Crippen LogP contribution in [0.2, 0.25) is 10.0 Å². The number of rotatable bonds is 14. The zero-order valence-corrected chi connectivity index (χ0v) is 30.0. The Labute approximate surface area is 292 Å². The molecule has 0 saturated carbocycles. The summed E-state index contributed by atoms with van der Waals surface area (Å²) >= 11 is 14.7. The molecule has 4 rings (SSSR count). The predicted octanol–water partition coefficient (Wildman–Crippen LogP) is 7.77. The average Bonchev–Trinajstić information content (AvgIpc) is 3.07. The second-order valence-corrected chi connectivity index (χ2v) is 14.8. The fourth-order valence-electron chi connectivity index (χ4n) is 4.96. The number of halogens is 2. The summed E-state index contributed by atoms with van der Waals surface area (Å²) in [4.78, 5) is 31.0. The molecule has 1 N–H and O–H groups in total. The molecule has 4 aromatic rings. The van der Waals surface area contributed by atoms with E-state index >= 15 is 0 Å². The van der Waals surface area contributed by atoms with Crippen molar-refractivity contribution in [2.45, 2.75) is 62.0 Å². The first-order chi connectivity index (χ1) is 22.4. The largest absolute Gasteiger partial charge is 0.352 e. The molecular formula is C36H39Cl2N3O4S2. The smallest absolute Gasteiger partial charge is 0.264 e. The van der Waals surface area contributed by atoms with Gasteiger partial charge in [0.15, 0.2) is 0 Å². The third-order valence-corrected chi connectivity index (χ3v) is 11.2. The fraction of sp³-hybridized carbons (Fsp3) is 0.278. The summed E-state index contributed by atoms with van der Waals surface area (Å²) in [6.45, 7) is 5.06. The van der Waals surface area contributed by atoms with Crippen LogP contribution >= 0.6 is 35.0 Å². The standard InChI is InChI=1S/C36H39Cl2N3O4S2/c1-5-26(3)39-36(43)34(22-27-10-7-6-8-11-27)40(23-31-32(37)12-9-13-33(31)38)35(42)24-41(28-16-14-25(2)15-17-28)47(44,45)30-20-18-29(46-4)19-21-30/h6-21,26,34H,5,22-24H2,1-4H3,(H,39,43)/t26-,34-/m0/s1. The minimum Gasteiger partial charge on any atom is -0.352 e. The quantitative estimate of drug-likeness (QED) is 0.135. The van der Waals surface area contributed by atoms with Crippen molar-refractivity contribution in [1.82, 2.24) is 10.2 Å². The predicted molar refractivity (Wildman–Crippen MR) is 193 cm³/mol. The monoisotopic (exact) mass is 711 g/mol. The van der Waals surface area contributed by atoms with E-state index in [0.29, 0.717) is 27.7 Å². The number of nitrogens with one attached hydrogen (secondary N) is 1. The summed E-state index contributed by atoms with van der Waals surface area (Å²) in [5.74, 6) is -0.955. The first kappa shape index (κ1) is 36.3. The third kappa shape index (κ3) is 9.32. The molecule has 0 radical (unpaired) electrons. The van der Waals surface area contributed by atoms with Gasteiger partial charge in [0.2, 0.25) is 11.8 Å². The van der Waals surface area contributed by atoms with Gasteiger partial charge in [0, 0.05) is 39.5 Å². The number of hydrogen-bond donors (Lipinski definition) is 1. The van der Waals surface area contributed by atoms with Crippen LogP contribution in [-0.4, -0.2) is 50.0 Å². The van der Waals surface area contributed by atoms with Gasteiger partial charge in [-0.2, -0.15) is 0 Å². The Hall–Kier alpha value is -3.50. The number of aryl methyl sites for hydroxylation is 1. The summed E-state index contributed by atoms with van der Waals surface area (Å²) in [5, 5.41) is 3.68. The van der Waals surface area contributed by atoms with E-state index in [1.807, 2.05) is 57.4 Å². The van der Waals surface area contributed by atoms with Gasteiger partial charge < -0.3 is 10.2 Å². The van der Waals surface area contributed by atoms with Crippen molar-refractivity contribution in [1.29, 1.82) is 0 Å². The van der Waals surface area contributed by atoms with Crippen LogP contribution in [0.5, 0.6) is 0 Å². The van der Waals surface area contributed by atoms with E-state index in [-0.39, 0.29) is 29.8 Å². The van der Waals surface area contributed by atoms with Gasteiger partial charge in [-0.25, -0.2) is 8.42 Å². The van der Waals surface area contributed by atoms with Crippen molar-refractivity contribution in [2.24, 2.45) is 0 Å². The number of sulfonamides is 1. The summed E-state index contributed by atoms with van der Waals surface area (Å²) in [6, 6.07) is 26.7. The van der Waals surface area contributed by atoms with Crippen LogP contribution in [0, 0.1) is 6.92 Å². The fourth-order valence-corrected chi connectivity index (χ4v) is 7.30. The van der Waals surface area contributed by atoms with E-state index in [4.69, 9.17) is 23.2 Å². The van der Waals surface area contributed by atoms with E-state index in [2.05, 4.69) is 5.32 Å². The molecule has 0 unspecified atom stereocenters. The summed E-state index contributed by atoms with van der Waals surface area (Å²) in [7, 11) is -4.21. The molecule has 47 heavy (non-hydrogen) atoms. The van der Waals surface area contributed by atoms with Crippen molar-refractivity contribution in [3.8, 4) is 0 Å². The molecule has 248 valence electrons. The average molecular weight is 713 g/mol. The van der Waals surface area contributed by atoms with Gasteiger partial charge in [-0.3, -0.25) is 13.9 Å². The molecule has 0 aliphatic carbocycles. The van der Waals surface area contributed by atoms with E-state index in [0.717, 1.165) is 20.3 Å². The normalized spacial score (nSPS) is 12.6. The highest BCUT2D eigenvalue weighted by atomic mass is 35.5. The third-order valence-electron chi connectivity index (χ3n) is 7.91. The molecule has 0 aliphatic rings. The second kappa shape index (κ2) is 16.6. The molecule has 0 spiro atoms. The van der Waals surface area contributed by atoms with Crippen molar-refractivity contribution >= 4 is 62.5 Å². The van der Waals surface area contributed by atoms with E-state index in [1.54, 1.807) is 54.6 Å². The van der Waals surface area contributed by atoms with Crippen molar-refractivity contribution in [3.63, 3.8) is 0 Å². The zero-order chi connectivity index (χ0) is 34.1. The van der Waals surface area contributed by atoms with Gasteiger partial charge >= 0.3 is 0 Å². The molecule has 4 aromatic carbocycles. The van der Waals surface area contributed by atoms with Crippen molar-refractivity contribution in [2.75, 3.05) is 17.1 Å². The number of thioether (sulfide) groups is 1. The molecular weight excluding hydrogens is 673 g/mol. The van der Waals surface area contributed by atoms with Crippen molar-refractivity contribution < 1.29 is 18.0 Å². The summed E-state index contributed by atoms with van der Waals surface area (Å²) < 4.78 is 29.6. The van der Waals surface area contributed by atoms with Crippen molar-refractivity contribution in [3.05, 3.63) is 124 Å². The highest BCUT2D eigenvalue weighted by Crippen LogP contribution is 2.30. The number of hydrogen-bond acceptors (Lipinski definition) is 5. The van der Waals surface area contributed by atoms with Crippen LogP contribution in [0.25, 0.3) is 0 Å². The number of anilines is 1. The number of carbonyl (C=O) groups is 2. The first-order valence-electron chi connectivity index (χ1n) is 15.2. The number of nitrogens with zero attached hydrogens (tertiary/aromatic N) is 2. The molecule has 0 aliphatic heterocycles. The topological polar surface area (TPSA) is 86.8 Å². The minimum atomic E-state index is -4.21. The van der Waals surface area contributed by atoms with Crippen LogP contribution in [-0.2, 0) is 32.6 Å². The summed E-state index contributed by atoms with van der Waals surface area (Å²) in [6.07, 6.45) is 2.77. The molecule has 0 bridgehead atoms. The lowest BCUT2D eigenvalue weighted by atomic mass is 10.0. The van der Waals surface area contributed by atoms with E-state index < -0.39 is 28.5 Å². The SMILES string of the molecule is CC[C@H](C)NC(=O)[C@H](Cc1ccccc1)N(Cc1c(Cl)cccc1Cl)C(=O)CN(c1ccc(C)cc1)S(=O)(=O)c1ccc(SC)cc1. The number of amides is 2. The first-order valence-corrected chi connectivity index (χ1v) is 18.7. The second-order valence-electron chi connectivity index (χ2n) is 11.3.